The summed E-state index contributed by atoms with van der Waals surface area (Å²) in [4.78, 5) is 22.3. The zero-order valence-electron chi connectivity index (χ0n) is 9.20. The van der Waals surface area contributed by atoms with E-state index in [0.717, 1.165) is 0 Å². The number of halogens is 1. The van der Waals surface area contributed by atoms with Crippen LogP contribution in [0.1, 0.15) is 16.8 Å². The zero-order valence-corrected chi connectivity index (χ0v) is 10.8. The van der Waals surface area contributed by atoms with Crippen LogP contribution in [0.25, 0.3) is 0 Å². The zero-order chi connectivity index (χ0) is 12.8. The lowest BCUT2D eigenvalue weighted by Crippen LogP contribution is -2.14. The fourth-order valence-electron chi connectivity index (χ4n) is 1.19. The molecule has 0 aliphatic heterocycles. The van der Waals surface area contributed by atoms with Crippen molar-refractivity contribution in [3.8, 4) is 0 Å². The molecule has 17 heavy (non-hydrogen) atoms. The minimum atomic E-state index is -1.05. The van der Waals surface area contributed by atoms with Gasteiger partial charge in [-0.1, -0.05) is 0 Å². The maximum atomic E-state index is 11.4. The number of carboxylic acid groups (broad SMARTS) is 1. The van der Waals surface area contributed by atoms with Crippen molar-refractivity contribution in [2.24, 2.45) is 0 Å². The monoisotopic (exact) mass is 301 g/mol. The highest BCUT2D eigenvalue weighted by Crippen LogP contribution is 2.21. The highest BCUT2D eigenvalue weighted by atomic mass is 79.9. The smallest absolute Gasteiger partial charge is 0.336 e. The maximum Gasteiger partial charge on any atom is 0.336 e. The van der Waals surface area contributed by atoms with Crippen molar-refractivity contribution in [3.63, 3.8) is 0 Å². The van der Waals surface area contributed by atoms with Crippen molar-refractivity contribution in [1.82, 2.24) is 0 Å². The fourth-order valence-corrected chi connectivity index (χ4v) is 1.60. The van der Waals surface area contributed by atoms with Crippen LogP contribution in [0.3, 0.4) is 0 Å². The molecule has 0 unspecified atom stereocenters. The molecule has 0 fully saturated rings. The standard InChI is InChI=1S/C11H12BrNO4/c1-17-5-4-10(14)13-7-2-3-9(12)8(6-7)11(15)16/h2-3,6H,4-5H2,1H3,(H,13,14)(H,15,16). The van der Waals surface area contributed by atoms with E-state index in [1.165, 1.54) is 13.2 Å². The molecule has 0 radical (unpaired) electrons. The fraction of sp³-hybridized carbons (Fsp3) is 0.273. The van der Waals surface area contributed by atoms with E-state index in [2.05, 4.69) is 21.2 Å². The Hall–Kier alpha value is -1.40. The molecule has 5 nitrogen and oxygen atoms in total. The van der Waals surface area contributed by atoms with Crippen molar-refractivity contribution in [3.05, 3.63) is 28.2 Å². The maximum absolute atomic E-state index is 11.4. The first-order valence-corrected chi connectivity index (χ1v) is 5.65. The second-order valence-electron chi connectivity index (χ2n) is 3.29. The van der Waals surface area contributed by atoms with Crippen molar-refractivity contribution in [1.29, 1.82) is 0 Å². The summed E-state index contributed by atoms with van der Waals surface area (Å²) in [6.45, 7) is 0.328. The van der Waals surface area contributed by atoms with Gasteiger partial charge in [-0.3, -0.25) is 4.79 Å². The summed E-state index contributed by atoms with van der Waals surface area (Å²) in [5, 5.41) is 11.5. The molecule has 92 valence electrons. The van der Waals surface area contributed by atoms with Gasteiger partial charge in [0.2, 0.25) is 5.91 Å². The van der Waals surface area contributed by atoms with E-state index in [-0.39, 0.29) is 17.9 Å². The van der Waals surface area contributed by atoms with Crippen LogP contribution in [0.15, 0.2) is 22.7 Å². The van der Waals surface area contributed by atoms with Crippen LogP contribution in [-0.2, 0) is 9.53 Å². The molecule has 0 aliphatic rings. The molecule has 1 aromatic carbocycles. The molecule has 0 atom stereocenters. The Labute approximate surface area is 107 Å². The third-order valence-electron chi connectivity index (χ3n) is 2.01. The van der Waals surface area contributed by atoms with E-state index in [1.54, 1.807) is 12.1 Å². The van der Waals surface area contributed by atoms with Gasteiger partial charge in [0.15, 0.2) is 0 Å². The third kappa shape index (κ3) is 4.16. The van der Waals surface area contributed by atoms with E-state index in [1.807, 2.05) is 0 Å². The topological polar surface area (TPSA) is 75.6 Å². The molecule has 2 N–H and O–H groups in total. The van der Waals surface area contributed by atoms with E-state index >= 15 is 0 Å². The molecule has 1 amide bonds. The second-order valence-corrected chi connectivity index (χ2v) is 4.15. The van der Waals surface area contributed by atoms with Gasteiger partial charge in [0, 0.05) is 17.3 Å². The Morgan fingerprint density at radius 2 is 2.18 bits per heavy atom. The minimum absolute atomic E-state index is 0.106. The van der Waals surface area contributed by atoms with Gasteiger partial charge in [0.25, 0.3) is 0 Å². The Morgan fingerprint density at radius 1 is 1.47 bits per heavy atom. The molecule has 0 saturated heterocycles. The van der Waals surface area contributed by atoms with Crippen LogP contribution in [0, 0.1) is 0 Å². The average molecular weight is 302 g/mol. The lowest BCUT2D eigenvalue weighted by atomic mass is 10.2. The molecule has 1 rings (SSSR count). The summed E-state index contributed by atoms with van der Waals surface area (Å²) in [5.41, 5.74) is 0.557. The highest BCUT2D eigenvalue weighted by Gasteiger charge is 2.10. The van der Waals surface area contributed by atoms with E-state index in [9.17, 15) is 9.59 Å². The molecule has 0 bridgehead atoms. The summed E-state index contributed by atoms with van der Waals surface area (Å²) in [6, 6.07) is 4.60. The van der Waals surface area contributed by atoms with Crippen LogP contribution < -0.4 is 5.32 Å². The van der Waals surface area contributed by atoms with Crippen LogP contribution in [0.4, 0.5) is 5.69 Å². The molecular formula is C11H12BrNO4. The minimum Gasteiger partial charge on any atom is -0.478 e. The molecule has 0 aliphatic carbocycles. The lowest BCUT2D eigenvalue weighted by Gasteiger charge is -2.06. The molecule has 0 heterocycles. The molecular weight excluding hydrogens is 290 g/mol. The van der Waals surface area contributed by atoms with Crippen molar-refractivity contribution >= 4 is 33.5 Å². The van der Waals surface area contributed by atoms with Crippen molar-refractivity contribution in [2.75, 3.05) is 19.0 Å². The normalized spacial score (nSPS) is 10.0. The Bertz CT molecular complexity index is 433. The van der Waals surface area contributed by atoms with Gasteiger partial charge < -0.3 is 15.2 Å². The largest absolute Gasteiger partial charge is 0.478 e. The first kappa shape index (κ1) is 13.7. The number of benzene rings is 1. The van der Waals surface area contributed by atoms with E-state index in [4.69, 9.17) is 9.84 Å². The first-order valence-electron chi connectivity index (χ1n) is 4.86. The number of hydrogen-bond acceptors (Lipinski definition) is 3. The van der Waals surface area contributed by atoms with Gasteiger partial charge in [-0.25, -0.2) is 4.79 Å². The van der Waals surface area contributed by atoms with Crippen LogP contribution in [0.2, 0.25) is 0 Å². The number of amides is 1. The van der Waals surface area contributed by atoms with Crippen molar-refractivity contribution < 1.29 is 19.4 Å². The summed E-state index contributed by atoms with van der Waals surface area (Å²) in [5.74, 6) is -1.27. The first-order chi connectivity index (χ1) is 8.04. The summed E-state index contributed by atoms with van der Waals surface area (Å²) >= 11 is 3.13. The quantitative estimate of drug-likeness (QED) is 0.873. The Balaban J connectivity index is 2.75. The molecule has 0 spiro atoms. The number of rotatable bonds is 5. The molecule has 0 saturated carbocycles. The van der Waals surface area contributed by atoms with Crippen molar-refractivity contribution in [2.45, 2.75) is 6.42 Å². The number of ether oxygens (including phenoxy) is 1. The predicted octanol–water partition coefficient (Wildman–Crippen LogP) is 2.12. The number of carboxylic acids is 1. The number of carbonyl (C=O) groups is 2. The van der Waals surface area contributed by atoms with Crippen LogP contribution in [-0.4, -0.2) is 30.7 Å². The van der Waals surface area contributed by atoms with Gasteiger partial charge in [0.1, 0.15) is 0 Å². The molecule has 1 aromatic rings. The lowest BCUT2D eigenvalue weighted by molar-refractivity contribution is -0.117. The number of methoxy groups -OCH3 is 1. The molecule has 6 heteroatoms. The Kier molecular flexibility index (Phi) is 5.11. The number of aromatic carboxylic acids is 1. The number of hydrogen-bond donors (Lipinski definition) is 2. The van der Waals surface area contributed by atoms with Gasteiger partial charge in [-0.05, 0) is 34.1 Å². The van der Waals surface area contributed by atoms with E-state index in [0.29, 0.717) is 16.8 Å². The second kappa shape index (κ2) is 6.36. The Morgan fingerprint density at radius 3 is 2.76 bits per heavy atom. The number of nitrogens with one attached hydrogen (secondary N) is 1. The summed E-state index contributed by atoms with van der Waals surface area (Å²) in [6.07, 6.45) is 0.231. The summed E-state index contributed by atoms with van der Waals surface area (Å²) < 4.78 is 5.24. The SMILES string of the molecule is COCCC(=O)Nc1ccc(Br)c(C(=O)O)c1. The van der Waals surface area contributed by atoms with Crippen LogP contribution >= 0.6 is 15.9 Å². The predicted molar refractivity (Wildman–Crippen MR) is 66.2 cm³/mol. The number of anilines is 1. The van der Waals surface area contributed by atoms with Crippen LogP contribution in [0.5, 0.6) is 0 Å². The van der Waals surface area contributed by atoms with Gasteiger partial charge in [-0.15, -0.1) is 0 Å². The average Bonchev–Trinajstić information content (AvgIpc) is 2.28. The molecule has 0 aromatic heterocycles. The van der Waals surface area contributed by atoms with Gasteiger partial charge >= 0.3 is 5.97 Å². The third-order valence-corrected chi connectivity index (χ3v) is 2.71. The van der Waals surface area contributed by atoms with E-state index < -0.39 is 5.97 Å². The number of carbonyl (C=O) groups excluding carboxylic acids is 1. The summed E-state index contributed by atoms with van der Waals surface area (Å²) in [7, 11) is 1.51. The van der Waals surface area contributed by atoms with Gasteiger partial charge in [-0.2, -0.15) is 0 Å². The highest BCUT2D eigenvalue weighted by molar-refractivity contribution is 9.10. The van der Waals surface area contributed by atoms with Gasteiger partial charge in [0.05, 0.1) is 18.6 Å².